The molecule has 1 aliphatic heterocycles. The molecule has 1 fully saturated rings. The Kier molecular flexibility index (Phi) is 9.91. The quantitative estimate of drug-likeness (QED) is 0.305. The molecule has 0 amide bonds. The van der Waals surface area contributed by atoms with Crippen LogP contribution in [-0.2, 0) is 4.74 Å². The molecule has 1 heterocycles. The molecule has 22 heavy (non-hydrogen) atoms. The van der Waals surface area contributed by atoms with E-state index in [0.29, 0.717) is 0 Å². The number of nitrogens with zero attached hydrogens (tertiary/aromatic N) is 3. The fourth-order valence-electron chi connectivity index (χ4n) is 2.83. The summed E-state index contributed by atoms with van der Waals surface area (Å²) in [5.74, 6) is 1.75. The van der Waals surface area contributed by atoms with Crippen LogP contribution >= 0.6 is 0 Å². The summed E-state index contributed by atoms with van der Waals surface area (Å²) in [5, 5.41) is 3.53. The van der Waals surface area contributed by atoms with Gasteiger partial charge in [-0.05, 0) is 44.7 Å². The van der Waals surface area contributed by atoms with Gasteiger partial charge in [-0.3, -0.25) is 4.99 Å². The number of ether oxygens (including phenoxy) is 1. The summed E-state index contributed by atoms with van der Waals surface area (Å²) in [7, 11) is 5.74. The molecule has 5 nitrogen and oxygen atoms in total. The fourth-order valence-corrected chi connectivity index (χ4v) is 2.83. The summed E-state index contributed by atoms with van der Waals surface area (Å²) >= 11 is 0. The Hall–Kier alpha value is -1.07. The Balaban J connectivity index is 2.22. The highest BCUT2D eigenvalue weighted by molar-refractivity contribution is 5.79. The zero-order valence-electron chi connectivity index (χ0n) is 14.7. The third kappa shape index (κ3) is 7.27. The molecule has 1 rings (SSSR count). The first-order chi connectivity index (χ1) is 10.7. The third-order valence-electron chi connectivity index (χ3n) is 4.34. The minimum Gasteiger partial charge on any atom is -0.383 e. The number of guanidine groups is 1. The number of nitrogens with one attached hydrogen (secondary N) is 1. The lowest BCUT2D eigenvalue weighted by molar-refractivity contribution is 0.120. The van der Waals surface area contributed by atoms with Crippen LogP contribution in [0.5, 0.6) is 0 Å². The number of allylic oxidation sites excluding steroid dienone is 1. The molecular formula is C17H34N4O. The smallest absolute Gasteiger partial charge is 0.193 e. The highest BCUT2D eigenvalue weighted by atomic mass is 16.5. The number of rotatable bonds is 9. The number of likely N-dealkylation sites (tertiary alicyclic amines) is 1. The second kappa shape index (κ2) is 11.5. The van der Waals surface area contributed by atoms with Crippen molar-refractivity contribution in [3.05, 3.63) is 12.7 Å². The number of hydrogen-bond donors (Lipinski definition) is 1. The van der Waals surface area contributed by atoms with Gasteiger partial charge in [0.1, 0.15) is 0 Å². The minimum atomic E-state index is 0.747. The summed E-state index contributed by atoms with van der Waals surface area (Å²) in [5.41, 5.74) is 0. The van der Waals surface area contributed by atoms with E-state index in [9.17, 15) is 0 Å². The maximum absolute atomic E-state index is 5.15. The standard InChI is InChI=1S/C17H34N4O/c1-5-6-7-10-20(3)17(18-2)19-15-16-8-11-21(12-9-16)13-14-22-4/h5,16H,1,6-15H2,2-4H3,(H,18,19). The van der Waals surface area contributed by atoms with Crippen molar-refractivity contribution in [2.24, 2.45) is 10.9 Å². The zero-order valence-corrected chi connectivity index (χ0v) is 14.7. The molecule has 1 saturated heterocycles. The molecule has 1 aliphatic rings. The molecule has 0 unspecified atom stereocenters. The van der Waals surface area contributed by atoms with Gasteiger partial charge in [0, 0.05) is 40.8 Å². The summed E-state index contributed by atoms with van der Waals surface area (Å²) in [6.45, 7) is 10.1. The number of methoxy groups -OCH3 is 1. The van der Waals surface area contributed by atoms with Gasteiger partial charge in [0.15, 0.2) is 5.96 Å². The van der Waals surface area contributed by atoms with Crippen LogP contribution in [0.15, 0.2) is 17.6 Å². The normalized spacial score (nSPS) is 17.5. The maximum atomic E-state index is 5.15. The van der Waals surface area contributed by atoms with E-state index in [1.807, 2.05) is 13.1 Å². The monoisotopic (exact) mass is 310 g/mol. The Morgan fingerprint density at radius 3 is 2.77 bits per heavy atom. The fraction of sp³-hybridized carbons (Fsp3) is 0.824. The van der Waals surface area contributed by atoms with Gasteiger partial charge in [0.05, 0.1) is 6.61 Å². The van der Waals surface area contributed by atoms with Gasteiger partial charge in [-0.15, -0.1) is 6.58 Å². The summed E-state index contributed by atoms with van der Waals surface area (Å²) < 4.78 is 5.15. The van der Waals surface area contributed by atoms with E-state index in [4.69, 9.17) is 4.74 Å². The lowest BCUT2D eigenvalue weighted by atomic mass is 9.97. The van der Waals surface area contributed by atoms with Gasteiger partial charge in [-0.2, -0.15) is 0 Å². The van der Waals surface area contributed by atoms with Crippen LogP contribution in [0, 0.1) is 5.92 Å². The van der Waals surface area contributed by atoms with E-state index in [1.165, 1.54) is 25.9 Å². The number of aliphatic imine (C=N–C) groups is 1. The van der Waals surface area contributed by atoms with Gasteiger partial charge >= 0.3 is 0 Å². The summed E-state index contributed by atoms with van der Waals surface area (Å²) in [6, 6.07) is 0. The molecule has 1 N–H and O–H groups in total. The van der Waals surface area contributed by atoms with Gasteiger partial charge < -0.3 is 19.9 Å². The van der Waals surface area contributed by atoms with Crippen LogP contribution in [-0.4, -0.2) is 76.3 Å². The SMILES string of the molecule is C=CCCCN(C)C(=NC)NCC1CCN(CCOC)CC1. The first-order valence-electron chi connectivity index (χ1n) is 8.45. The third-order valence-corrected chi connectivity index (χ3v) is 4.34. The van der Waals surface area contributed by atoms with Crippen LogP contribution in [0.4, 0.5) is 0 Å². The number of unbranched alkanes of at least 4 members (excludes halogenated alkanes) is 1. The molecule has 0 aliphatic carbocycles. The Morgan fingerprint density at radius 2 is 2.18 bits per heavy atom. The topological polar surface area (TPSA) is 40.1 Å². The van der Waals surface area contributed by atoms with Gasteiger partial charge in [0.25, 0.3) is 0 Å². The zero-order chi connectivity index (χ0) is 16.2. The van der Waals surface area contributed by atoms with Crippen molar-refractivity contribution in [3.8, 4) is 0 Å². The maximum Gasteiger partial charge on any atom is 0.193 e. The molecule has 0 saturated carbocycles. The van der Waals surface area contributed by atoms with Crippen molar-refractivity contribution < 1.29 is 4.74 Å². The van der Waals surface area contributed by atoms with E-state index in [-0.39, 0.29) is 0 Å². The Bertz CT molecular complexity index is 325. The molecule has 0 bridgehead atoms. The van der Waals surface area contributed by atoms with Crippen molar-refractivity contribution in [1.29, 1.82) is 0 Å². The van der Waals surface area contributed by atoms with E-state index in [1.54, 1.807) is 7.11 Å². The van der Waals surface area contributed by atoms with Crippen molar-refractivity contribution >= 4 is 5.96 Å². The van der Waals surface area contributed by atoms with Crippen molar-refractivity contribution in [1.82, 2.24) is 15.1 Å². The Morgan fingerprint density at radius 1 is 1.45 bits per heavy atom. The number of piperidine rings is 1. The lowest BCUT2D eigenvalue weighted by Gasteiger charge is -2.32. The molecule has 0 aromatic heterocycles. The van der Waals surface area contributed by atoms with Gasteiger partial charge in [0.2, 0.25) is 0 Å². The van der Waals surface area contributed by atoms with Crippen molar-refractivity contribution in [2.45, 2.75) is 25.7 Å². The first-order valence-corrected chi connectivity index (χ1v) is 8.45. The highest BCUT2D eigenvalue weighted by Crippen LogP contribution is 2.16. The molecule has 0 spiro atoms. The van der Waals surface area contributed by atoms with Crippen LogP contribution in [0.3, 0.4) is 0 Å². The van der Waals surface area contributed by atoms with E-state index >= 15 is 0 Å². The molecule has 0 aromatic rings. The largest absolute Gasteiger partial charge is 0.383 e. The van der Waals surface area contributed by atoms with Crippen molar-refractivity contribution in [2.75, 3.05) is 60.5 Å². The van der Waals surface area contributed by atoms with E-state index in [2.05, 4.69) is 33.7 Å². The van der Waals surface area contributed by atoms with Gasteiger partial charge in [-0.25, -0.2) is 0 Å². The first kappa shape index (κ1) is 19.0. The van der Waals surface area contributed by atoms with Crippen LogP contribution in [0.2, 0.25) is 0 Å². The minimum absolute atomic E-state index is 0.747. The predicted molar refractivity (Wildman–Crippen MR) is 94.5 cm³/mol. The van der Waals surface area contributed by atoms with E-state index < -0.39 is 0 Å². The summed E-state index contributed by atoms with van der Waals surface area (Å²) in [4.78, 5) is 9.09. The molecule has 0 atom stereocenters. The average molecular weight is 310 g/mol. The Labute approximate surface area is 136 Å². The molecule has 0 radical (unpaired) electrons. The van der Waals surface area contributed by atoms with Crippen LogP contribution in [0.25, 0.3) is 0 Å². The average Bonchev–Trinajstić information content (AvgIpc) is 2.55. The van der Waals surface area contributed by atoms with E-state index in [0.717, 1.165) is 51.0 Å². The van der Waals surface area contributed by atoms with Gasteiger partial charge in [-0.1, -0.05) is 6.08 Å². The highest BCUT2D eigenvalue weighted by Gasteiger charge is 2.19. The van der Waals surface area contributed by atoms with Crippen LogP contribution < -0.4 is 5.32 Å². The molecular weight excluding hydrogens is 276 g/mol. The summed E-state index contributed by atoms with van der Waals surface area (Å²) in [6.07, 6.45) is 6.67. The van der Waals surface area contributed by atoms with Crippen LogP contribution in [0.1, 0.15) is 25.7 Å². The predicted octanol–water partition coefficient (Wildman–Crippen LogP) is 1.82. The molecule has 128 valence electrons. The lowest BCUT2D eigenvalue weighted by Crippen LogP contribution is -2.44. The van der Waals surface area contributed by atoms with Crippen molar-refractivity contribution in [3.63, 3.8) is 0 Å². The number of hydrogen-bond acceptors (Lipinski definition) is 3. The second-order valence-electron chi connectivity index (χ2n) is 6.06. The molecule has 0 aromatic carbocycles. The molecule has 5 heteroatoms. The second-order valence-corrected chi connectivity index (χ2v) is 6.06.